The van der Waals surface area contributed by atoms with Crippen molar-refractivity contribution < 1.29 is 9.59 Å². The van der Waals surface area contributed by atoms with E-state index in [-0.39, 0.29) is 24.5 Å². The lowest BCUT2D eigenvalue weighted by Gasteiger charge is -2.06. The van der Waals surface area contributed by atoms with Gasteiger partial charge in [-0.05, 0) is 17.7 Å². The van der Waals surface area contributed by atoms with Crippen molar-refractivity contribution in [3.05, 3.63) is 72.2 Å². The van der Waals surface area contributed by atoms with Crippen LogP contribution in [0.25, 0.3) is 11.3 Å². The topological polar surface area (TPSA) is 76.9 Å². The van der Waals surface area contributed by atoms with Gasteiger partial charge in [0.2, 0.25) is 5.91 Å². The van der Waals surface area contributed by atoms with Crippen LogP contribution in [0, 0.1) is 0 Å². The molecule has 1 aromatic carbocycles. The molecule has 0 bridgehead atoms. The molecule has 0 atom stereocenters. The van der Waals surface area contributed by atoms with E-state index in [0.717, 1.165) is 16.8 Å². The smallest absolute Gasteiger partial charge is 0.220 e. The first-order valence-corrected chi connectivity index (χ1v) is 8.41. The van der Waals surface area contributed by atoms with Crippen molar-refractivity contribution in [2.24, 2.45) is 7.05 Å². The van der Waals surface area contributed by atoms with Crippen LogP contribution in [-0.4, -0.2) is 26.5 Å². The molecule has 26 heavy (non-hydrogen) atoms. The van der Waals surface area contributed by atoms with Crippen LogP contribution in [0.3, 0.4) is 0 Å². The number of pyridine rings is 1. The molecular formula is C20H20N4O2. The second-order valence-corrected chi connectivity index (χ2v) is 6.02. The Morgan fingerprint density at radius 1 is 1.12 bits per heavy atom. The van der Waals surface area contributed by atoms with Gasteiger partial charge in [0.1, 0.15) is 0 Å². The van der Waals surface area contributed by atoms with Crippen LogP contribution in [0.1, 0.15) is 28.8 Å². The van der Waals surface area contributed by atoms with Gasteiger partial charge in [0, 0.05) is 50.0 Å². The third-order valence-electron chi connectivity index (χ3n) is 3.99. The zero-order valence-electron chi connectivity index (χ0n) is 14.6. The molecule has 0 spiro atoms. The summed E-state index contributed by atoms with van der Waals surface area (Å²) in [5.74, 6) is -0.169. The van der Waals surface area contributed by atoms with Crippen LogP contribution in [0.5, 0.6) is 0 Å². The van der Waals surface area contributed by atoms with E-state index in [1.165, 1.54) is 0 Å². The summed E-state index contributed by atoms with van der Waals surface area (Å²) in [7, 11) is 1.85. The van der Waals surface area contributed by atoms with E-state index in [1.807, 2.05) is 43.6 Å². The Kier molecular flexibility index (Phi) is 5.53. The van der Waals surface area contributed by atoms with Crippen molar-refractivity contribution in [1.82, 2.24) is 20.1 Å². The Balaban J connectivity index is 1.51. The first-order chi connectivity index (χ1) is 12.6. The van der Waals surface area contributed by atoms with Gasteiger partial charge in [-0.3, -0.25) is 19.3 Å². The third-order valence-corrected chi connectivity index (χ3v) is 3.99. The number of hydrogen-bond acceptors (Lipinski definition) is 4. The number of ketones is 1. The van der Waals surface area contributed by atoms with E-state index in [1.54, 1.807) is 29.2 Å². The largest absolute Gasteiger partial charge is 0.352 e. The molecule has 0 aliphatic heterocycles. The second-order valence-electron chi connectivity index (χ2n) is 6.02. The summed E-state index contributed by atoms with van der Waals surface area (Å²) < 4.78 is 1.72. The van der Waals surface area contributed by atoms with Crippen LogP contribution >= 0.6 is 0 Å². The zero-order valence-corrected chi connectivity index (χ0v) is 14.6. The van der Waals surface area contributed by atoms with Gasteiger partial charge < -0.3 is 5.32 Å². The van der Waals surface area contributed by atoms with Gasteiger partial charge in [-0.25, -0.2) is 0 Å². The van der Waals surface area contributed by atoms with Gasteiger partial charge in [-0.2, -0.15) is 5.10 Å². The maximum Gasteiger partial charge on any atom is 0.220 e. The molecule has 3 aromatic rings. The fourth-order valence-corrected chi connectivity index (χ4v) is 2.58. The van der Waals surface area contributed by atoms with E-state index in [0.29, 0.717) is 12.1 Å². The number of benzene rings is 1. The predicted octanol–water partition coefficient (Wildman–Crippen LogP) is 2.76. The van der Waals surface area contributed by atoms with Crippen molar-refractivity contribution in [3.63, 3.8) is 0 Å². The Morgan fingerprint density at radius 2 is 1.92 bits per heavy atom. The summed E-state index contributed by atoms with van der Waals surface area (Å²) in [4.78, 5) is 28.4. The molecule has 0 saturated carbocycles. The fraction of sp³-hybridized carbons (Fsp3) is 0.200. The Hall–Kier alpha value is -3.28. The van der Waals surface area contributed by atoms with Crippen molar-refractivity contribution in [1.29, 1.82) is 0 Å². The molecule has 2 aromatic heterocycles. The monoisotopic (exact) mass is 348 g/mol. The van der Waals surface area contributed by atoms with Gasteiger partial charge in [-0.15, -0.1) is 0 Å². The SMILES string of the molecule is Cn1cc(-c2cc(CNC(=O)CCC(=O)c3ccccc3)ccn2)cn1. The minimum atomic E-state index is -0.144. The van der Waals surface area contributed by atoms with Gasteiger partial charge >= 0.3 is 0 Å². The maximum atomic E-state index is 12.0. The molecule has 6 heteroatoms. The second kappa shape index (κ2) is 8.20. The molecule has 2 heterocycles. The molecule has 1 amide bonds. The highest BCUT2D eigenvalue weighted by Gasteiger charge is 2.09. The van der Waals surface area contributed by atoms with Gasteiger partial charge in [-0.1, -0.05) is 30.3 Å². The summed E-state index contributed by atoms with van der Waals surface area (Å²) in [6, 6.07) is 12.8. The quantitative estimate of drug-likeness (QED) is 0.666. The first kappa shape index (κ1) is 17.5. The van der Waals surface area contributed by atoms with Crippen molar-refractivity contribution in [2.75, 3.05) is 0 Å². The Morgan fingerprint density at radius 3 is 2.65 bits per heavy atom. The summed E-state index contributed by atoms with van der Waals surface area (Å²) in [6.45, 7) is 0.397. The molecule has 3 rings (SSSR count). The lowest BCUT2D eigenvalue weighted by atomic mass is 10.1. The lowest BCUT2D eigenvalue weighted by molar-refractivity contribution is -0.121. The number of amides is 1. The number of nitrogens with zero attached hydrogens (tertiary/aromatic N) is 3. The maximum absolute atomic E-state index is 12.0. The molecule has 0 fully saturated rings. The average molecular weight is 348 g/mol. The first-order valence-electron chi connectivity index (χ1n) is 8.41. The molecule has 0 saturated heterocycles. The van der Waals surface area contributed by atoms with E-state index in [9.17, 15) is 9.59 Å². The van der Waals surface area contributed by atoms with E-state index < -0.39 is 0 Å². The highest BCUT2D eigenvalue weighted by Crippen LogP contribution is 2.16. The van der Waals surface area contributed by atoms with Crippen molar-refractivity contribution >= 4 is 11.7 Å². The van der Waals surface area contributed by atoms with E-state index in [4.69, 9.17) is 0 Å². The van der Waals surface area contributed by atoms with Crippen molar-refractivity contribution in [2.45, 2.75) is 19.4 Å². The molecule has 6 nitrogen and oxygen atoms in total. The van der Waals surface area contributed by atoms with Crippen LogP contribution in [0.4, 0.5) is 0 Å². The number of carbonyl (C=O) groups excluding carboxylic acids is 2. The number of nitrogens with one attached hydrogen (secondary N) is 1. The summed E-state index contributed by atoms with van der Waals surface area (Å²) >= 11 is 0. The van der Waals surface area contributed by atoms with E-state index in [2.05, 4.69) is 15.4 Å². The van der Waals surface area contributed by atoms with Crippen LogP contribution in [0.15, 0.2) is 61.1 Å². The van der Waals surface area contributed by atoms with Crippen molar-refractivity contribution in [3.8, 4) is 11.3 Å². The zero-order chi connectivity index (χ0) is 18.4. The number of rotatable bonds is 7. The highest BCUT2D eigenvalue weighted by molar-refractivity contribution is 5.97. The summed E-state index contributed by atoms with van der Waals surface area (Å²) in [5, 5.41) is 6.99. The third kappa shape index (κ3) is 4.63. The number of Topliss-reactive ketones (excluding diaryl/α,β-unsaturated/α-hetero) is 1. The minimum absolute atomic E-state index is 0.0245. The molecule has 0 unspecified atom stereocenters. The lowest BCUT2D eigenvalue weighted by Crippen LogP contribution is -2.23. The van der Waals surface area contributed by atoms with Gasteiger partial charge in [0.15, 0.2) is 5.78 Å². The number of carbonyl (C=O) groups is 2. The number of hydrogen-bond donors (Lipinski definition) is 1. The van der Waals surface area contributed by atoms with Crippen LogP contribution in [-0.2, 0) is 18.4 Å². The molecule has 0 aliphatic rings. The predicted molar refractivity (Wildman–Crippen MR) is 98.3 cm³/mol. The molecule has 1 N–H and O–H groups in total. The normalized spacial score (nSPS) is 10.5. The van der Waals surface area contributed by atoms with Gasteiger partial charge in [0.05, 0.1) is 11.9 Å². The summed E-state index contributed by atoms with van der Waals surface area (Å²) in [6.07, 6.45) is 5.73. The number of aryl methyl sites for hydroxylation is 1. The minimum Gasteiger partial charge on any atom is -0.352 e. The highest BCUT2D eigenvalue weighted by atomic mass is 16.2. The van der Waals surface area contributed by atoms with Crippen LogP contribution in [0.2, 0.25) is 0 Å². The van der Waals surface area contributed by atoms with Gasteiger partial charge in [0.25, 0.3) is 0 Å². The fourth-order valence-electron chi connectivity index (χ4n) is 2.58. The summed E-state index contributed by atoms with van der Waals surface area (Å²) in [5.41, 5.74) is 3.32. The Bertz CT molecular complexity index is 903. The number of aromatic nitrogens is 3. The molecule has 132 valence electrons. The average Bonchev–Trinajstić information content (AvgIpc) is 3.12. The van der Waals surface area contributed by atoms with E-state index >= 15 is 0 Å². The Labute approximate surface area is 151 Å². The molecule has 0 aliphatic carbocycles. The molecule has 0 radical (unpaired) electrons. The molecular weight excluding hydrogens is 328 g/mol. The standard InChI is InChI=1S/C20H20N4O2/c1-24-14-17(13-23-24)18-11-15(9-10-21-18)12-22-20(26)8-7-19(25)16-5-3-2-4-6-16/h2-6,9-11,13-14H,7-8,12H2,1H3,(H,22,26). The van der Waals surface area contributed by atoms with Crippen LogP contribution < -0.4 is 5.32 Å².